The summed E-state index contributed by atoms with van der Waals surface area (Å²) in [5.74, 6) is 1.47. The van der Waals surface area contributed by atoms with E-state index in [0.717, 1.165) is 42.9 Å². The molecule has 0 aliphatic heterocycles. The van der Waals surface area contributed by atoms with Crippen LogP contribution in [0, 0.1) is 5.92 Å². The van der Waals surface area contributed by atoms with E-state index in [1.54, 1.807) is 24.4 Å². The van der Waals surface area contributed by atoms with E-state index in [0.29, 0.717) is 23.7 Å². The average molecular weight is 393 g/mol. The SMILES string of the molecule is CCCCc1nc(CC(C)C)nn1Cc1ccc(-c2ccccc2C(=O)O)nc1. The molecule has 0 amide bonds. The number of carbonyl (C=O) groups is 1. The highest BCUT2D eigenvalue weighted by Gasteiger charge is 2.14. The number of carboxylic acids is 1. The van der Waals surface area contributed by atoms with Crippen molar-refractivity contribution in [3.8, 4) is 11.3 Å². The van der Waals surface area contributed by atoms with Gasteiger partial charge in [-0.15, -0.1) is 0 Å². The summed E-state index contributed by atoms with van der Waals surface area (Å²) in [5, 5.41) is 14.1. The lowest BCUT2D eigenvalue weighted by molar-refractivity contribution is 0.0697. The topological polar surface area (TPSA) is 80.9 Å². The summed E-state index contributed by atoms with van der Waals surface area (Å²) in [4.78, 5) is 20.7. The van der Waals surface area contributed by atoms with Crippen LogP contribution in [-0.4, -0.2) is 30.8 Å². The second kappa shape index (κ2) is 9.45. The molecular formula is C23H28N4O2. The van der Waals surface area contributed by atoms with E-state index in [9.17, 15) is 9.90 Å². The highest BCUT2D eigenvalue weighted by Crippen LogP contribution is 2.22. The minimum atomic E-state index is -0.952. The van der Waals surface area contributed by atoms with Crippen molar-refractivity contribution >= 4 is 5.97 Å². The Morgan fingerprint density at radius 3 is 2.62 bits per heavy atom. The molecule has 0 unspecified atom stereocenters. The van der Waals surface area contributed by atoms with Crippen LogP contribution in [-0.2, 0) is 19.4 Å². The monoisotopic (exact) mass is 392 g/mol. The van der Waals surface area contributed by atoms with Gasteiger partial charge in [-0.1, -0.05) is 51.5 Å². The van der Waals surface area contributed by atoms with Gasteiger partial charge in [0, 0.05) is 24.6 Å². The number of aromatic carboxylic acids is 1. The number of pyridine rings is 1. The Hall–Kier alpha value is -3.02. The Kier molecular flexibility index (Phi) is 6.75. The average Bonchev–Trinajstić information content (AvgIpc) is 3.07. The summed E-state index contributed by atoms with van der Waals surface area (Å²) in [7, 11) is 0. The Balaban J connectivity index is 1.83. The summed E-state index contributed by atoms with van der Waals surface area (Å²) >= 11 is 0. The summed E-state index contributed by atoms with van der Waals surface area (Å²) < 4.78 is 1.98. The number of carboxylic acid groups (broad SMARTS) is 1. The smallest absolute Gasteiger partial charge is 0.336 e. The number of rotatable bonds is 9. The molecule has 0 fully saturated rings. The Morgan fingerprint density at radius 1 is 1.17 bits per heavy atom. The molecule has 2 heterocycles. The molecule has 1 N–H and O–H groups in total. The molecule has 0 saturated carbocycles. The summed E-state index contributed by atoms with van der Waals surface area (Å²) in [6, 6.07) is 10.8. The van der Waals surface area contributed by atoms with Gasteiger partial charge in [-0.2, -0.15) is 5.10 Å². The van der Waals surface area contributed by atoms with Crippen molar-refractivity contribution in [3.05, 3.63) is 65.4 Å². The van der Waals surface area contributed by atoms with Crippen LogP contribution in [0.15, 0.2) is 42.6 Å². The zero-order valence-electron chi connectivity index (χ0n) is 17.3. The molecule has 3 rings (SSSR count). The van der Waals surface area contributed by atoms with E-state index in [-0.39, 0.29) is 5.56 Å². The van der Waals surface area contributed by atoms with E-state index < -0.39 is 5.97 Å². The van der Waals surface area contributed by atoms with Crippen LogP contribution < -0.4 is 0 Å². The fourth-order valence-corrected chi connectivity index (χ4v) is 3.27. The Morgan fingerprint density at radius 2 is 1.97 bits per heavy atom. The fourth-order valence-electron chi connectivity index (χ4n) is 3.27. The largest absolute Gasteiger partial charge is 0.478 e. The number of hydrogen-bond acceptors (Lipinski definition) is 4. The normalized spacial score (nSPS) is 11.2. The molecular weight excluding hydrogens is 364 g/mol. The molecule has 0 saturated heterocycles. The number of aromatic nitrogens is 4. The predicted octanol–water partition coefficient (Wildman–Crippen LogP) is 4.63. The maximum atomic E-state index is 11.5. The molecule has 6 nitrogen and oxygen atoms in total. The molecule has 0 atom stereocenters. The number of aryl methyl sites for hydroxylation is 1. The third kappa shape index (κ3) is 5.28. The first-order chi connectivity index (χ1) is 14.0. The zero-order valence-corrected chi connectivity index (χ0v) is 17.3. The molecule has 152 valence electrons. The first-order valence-electron chi connectivity index (χ1n) is 10.2. The first kappa shape index (κ1) is 20.7. The zero-order chi connectivity index (χ0) is 20.8. The predicted molar refractivity (Wildman–Crippen MR) is 113 cm³/mol. The molecule has 0 aliphatic carbocycles. The van der Waals surface area contributed by atoms with Gasteiger partial charge in [0.05, 0.1) is 17.8 Å². The molecule has 29 heavy (non-hydrogen) atoms. The quantitative estimate of drug-likeness (QED) is 0.574. The van der Waals surface area contributed by atoms with Crippen LogP contribution in [0.2, 0.25) is 0 Å². The van der Waals surface area contributed by atoms with E-state index in [4.69, 9.17) is 10.1 Å². The van der Waals surface area contributed by atoms with Crippen molar-refractivity contribution in [2.45, 2.75) is 53.0 Å². The third-order valence-electron chi connectivity index (χ3n) is 4.73. The first-order valence-corrected chi connectivity index (χ1v) is 10.2. The maximum Gasteiger partial charge on any atom is 0.336 e. The lowest BCUT2D eigenvalue weighted by Crippen LogP contribution is -2.08. The molecule has 0 radical (unpaired) electrons. The highest BCUT2D eigenvalue weighted by atomic mass is 16.4. The van der Waals surface area contributed by atoms with Crippen LogP contribution in [0.5, 0.6) is 0 Å². The van der Waals surface area contributed by atoms with Gasteiger partial charge in [0.25, 0.3) is 0 Å². The van der Waals surface area contributed by atoms with Crippen LogP contribution >= 0.6 is 0 Å². The number of benzene rings is 1. The minimum Gasteiger partial charge on any atom is -0.478 e. The van der Waals surface area contributed by atoms with Gasteiger partial charge in [0.15, 0.2) is 5.82 Å². The van der Waals surface area contributed by atoms with Crippen molar-refractivity contribution in [2.75, 3.05) is 0 Å². The van der Waals surface area contributed by atoms with Crippen molar-refractivity contribution in [3.63, 3.8) is 0 Å². The van der Waals surface area contributed by atoms with Crippen molar-refractivity contribution in [1.29, 1.82) is 0 Å². The lowest BCUT2D eigenvalue weighted by atomic mass is 10.0. The third-order valence-corrected chi connectivity index (χ3v) is 4.73. The van der Waals surface area contributed by atoms with E-state index >= 15 is 0 Å². The van der Waals surface area contributed by atoms with Gasteiger partial charge in [-0.3, -0.25) is 4.98 Å². The van der Waals surface area contributed by atoms with Gasteiger partial charge in [0.2, 0.25) is 0 Å². The van der Waals surface area contributed by atoms with Gasteiger partial charge >= 0.3 is 5.97 Å². The fraction of sp³-hybridized carbons (Fsp3) is 0.391. The number of nitrogens with zero attached hydrogens (tertiary/aromatic N) is 4. The molecule has 3 aromatic rings. The maximum absolute atomic E-state index is 11.5. The van der Waals surface area contributed by atoms with E-state index in [1.165, 1.54) is 0 Å². The standard InChI is InChI=1S/C23H28N4O2/c1-4-5-10-22-25-21(13-16(2)3)26-27(22)15-17-11-12-20(24-14-17)18-8-6-7-9-19(18)23(28)29/h6-9,11-12,14,16H,4-5,10,13,15H2,1-3H3,(H,28,29). The van der Waals surface area contributed by atoms with Gasteiger partial charge in [-0.05, 0) is 30.0 Å². The van der Waals surface area contributed by atoms with Crippen LogP contribution in [0.4, 0.5) is 0 Å². The van der Waals surface area contributed by atoms with Gasteiger partial charge < -0.3 is 5.11 Å². The van der Waals surface area contributed by atoms with Crippen molar-refractivity contribution in [1.82, 2.24) is 19.7 Å². The summed E-state index contributed by atoms with van der Waals surface area (Å²) in [6.07, 6.45) is 5.78. The minimum absolute atomic E-state index is 0.254. The second-order valence-corrected chi connectivity index (χ2v) is 7.71. The van der Waals surface area contributed by atoms with Gasteiger partial charge in [0.1, 0.15) is 5.82 Å². The van der Waals surface area contributed by atoms with Crippen LogP contribution in [0.1, 0.15) is 61.2 Å². The summed E-state index contributed by atoms with van der Waals surface area (Å²) in [6.45, 7) is 7.12. The number of unbranched alkanes of at least 4 members (excludes halogenated alkanes) is 1. The van der Waals surface area contributed by atoms with Crippen LogP contribution in [0.25, 0.3) is 11.3 Å². The molecule has 6 heteroatoms. The van der Waals surface area contributed by atoms with Crippen molar-refractivity contribution in [2.24, 2.45) is 5.92 Å². The molecule has 1 aromatic carbocycles. The number of hydrogen-bond donors (Lipinski definition) is 1. The molecule has 0 aliphatic rings. The Labute approximate surface area is 171 Å². The highest BCUT2D eigenvalue weighted by molar-refractivity contribution is 5.95. The van der Waals surface area contributed by atoms with E-state index in [1.807, 2.05) is 22.9 Å². The molecule has 0 spiro atoms. The second-order valence-electron chi connectivity index (χ2n) is 7.71. The van der Waals surface area contributed by atoms with E-state index in [2.05, 4.69) is 25.8 Å². The van der Waals surface area contributed by atoms with Crippen molar-refractivity contribution < 1.29 is 9.90 Å². The molecule has 0 bridgehead atoms. The summed E-state index contributed by atoms with van der Waals surface area (Å²) in [5.41, 5.74) is 2.54. The van der Waals surface area contributed by atoms with Gasteiger partial charge in [-0.25, -0.2) is 14.5 Å². The lowest BCUT2D eigenvalue weighted by Gasteiger charge is -2.08. The molecule has 2 aromatic heterocycles. The van der Waals surface area contributed by atoms with Crippen LogP contribution in [0.3, 0.4) is 0 Å². The Bertz CT molecular complexity index is 961.